The van der Waals surface area contributed by atoms with Crippen LogP contribution in [0.1, 0.15) is 46.9 Å². The number of fused-ring (bicyclic) bond motifs is 4. The maximum atomic E-state index is 14.3. The molecule has 2 aromatic carbocycles. The van der Waals surface area contributed by atoms with Gasteiger partial charge in [-0.25, -0.2) is 22.2 Å². The number of hydrogen-bond donors (Lipinski definition) is 0. The van der Waals surface area contributed by atoms with Gasteiger partial charge >= 0.3 is 0 Å². The Bertz CT molecular complexity index is 1470. The van der Waals surface area contributed by atoms with Crippen LogP contribution in [0.2, 0.25) is 0 Å². The van der Waals surface area contributed by atoms with E-state index in [-0.39, 0.29) is 29.1 Å². The van der Waals surface area contributed by atoms with Crippen molar-refractivity contribution in [3.8, 4) is 16.9 Å². The van der Waals surface area contributed by atoms with Gasteiger partial charge in [-0.3, -0.25) is 9.48 Å². The van der Waals surface area contributed by atoms with Gasteiger partial charge in [0.2, 0.25) is 0 Å². The van der Waals surface area contributed by atoms with Crippen LogP contribution < -0.4 is 0 Å². The molecule has 4 aromatic rings. The van der Waals surface area contributed by atoms with Crippen LogP contribution >= 0.6 is 0 Å². The van der Waals surface area contributed by atoms with Crippen molar-refractivity contribution in [2.45, 2.75) is 37.8 Å². The standard InChI is InChI=1S/C26H21F4N5O/c1-33-25(14-10-19(28)23(30)20(29)11-14)18-13-16-4-2-5-22(24(18)32-33)35(16)26(36)17-12-15(27)6-7-21(17)34-9-3-8-31-34/h3,6-12,16,22H,2,4-5,13H2,1H3/t16-,22+/m1/s1. The number of piperidine rings is 1. The highest BCUT2D eigenvalue weighted by Gasteiger charge is 2.44. The molecule has 2 aliphatic heterocycles. The summed E-state index contributed by atoms with van der Waals surface area (Å²) in [5.41, 5.74) is 2.76. The third-order valence-corrected chi connectivity index (χ3v) is 7.11. The Labute approximate surface area is 203 Å². The van der Waals surface area contributed by atoms with E-state index in [0.29, 0.717) is 36.3 Å². The minimum absolute atomic E-state index is 0.187. The summed E-state index contributed by atoms with van der Waals surface area (Å²) in [4.78, 5) is 15.7. The summed E-state index contributed by atoms with van der Waals surface area (Å²) in [5.74, 6) is -4.93. The van der Waals surface area contributed by atoms with Crippen molar-refractivity contribution in [1.82, 2.24) is 24.5 Å². The highest BCUT2D eigenvalue weighted by Crippen LogP contribution is 2.45. The van der Waals surface area contributed by atoms with Crippen molar-refractivity contribution in [3.63, 3.8) is 0 Å². The molecule has 0 saturated carbocycles. The average Bonchev–Trinajstić information content (AvgIpc) is 3.49. The van der Waals surface area contributed by atoms with Crippen LogP contribution in [0.15, 0.2) is 48.8 Å². The Kier molecular flexibility index (Phi) is 5.20. The fourth-order valence-corrected chi connectivity index (χ4v) is 5.63. The van der Waals surface area contributed by atoms with Gasteiger partial charge in [0.1, 0.15) is 5.82 Å². The molecule has 0 radical (unpaired) electrons. The summed E-state index contributed by atoms with van der Waals surface area (Å²) in [6, 6.07) is 7.08. The molecule has 36 heavy (non-hydrogen) atoms. The van der Waals surface area contributed by atoms with Gasteiger partial charge in [-0.1, -0.05) is 0 Å². The zero-order valence-corrected chi connectivity index (χ0v) is 19.3. The smallest absolute Gasteiger partial charge is 0.256 e. The molecular formula is C26H21F4N5O. The zero-order chi connectivity index (χ0) is 25.1. The largest absolute Gasteiger partial charge is 0.327 e. The third-order valence-electron chi connectivity index (χ3n) is 7.11. The van der Waals surface area contributed by atoms with Gasteiger partial charge in [-0.05, 0) is 62.1 Å². The number of nitrogens with zero attached hydrogens (tertiary/aromatic N) is 5. The summed E-state index contributed by atoms with van der Waals surface area (Å²) in [6.45, 7) is 0. The molecule has 0 aliphatic carbocycles. The minimum Gasteiger partial charge on any atom is -0.327 e. The highest BCUT2D eigenvalue weighted by molar-refractivity contribution is 5.98. The lowest BCUT2D eigenvalue weighted by atomic mass is 9.81. The van der Waals surface area contributed by atoms with Crippen molar-refractivity contribution < 1.29 is 22.4 Å². The molecule has 0 spiro atoms. The molecule has 6 nitrogen and oxygen atoms in total. The molecule has 0 N–H and O–H groups in total. The van der Waals surface area contributed by atoms with Crippen LogP contribution in [0.4, 0.5) is 17.6 Å². The van der Waals surface area contributed by atoms with E-state index in [1.54, 1.807) is 30.4 Å². The number of benzene rings is 2. The topological polar surface area (TPSA) is 56.0 Å². The lowest BCUT2D eigenvalue weighted by Gasteiger charge is -2.45. The van der Waals surface area contributed by atoms with Crippen LogP contribution in [0, 0.1) is 23.3 Å². The highest BCUT2D eigenvalue weighted by atomic mass is 19.2. The molecule has 2 aromatic heterocycles. The van der Waals surface area contributed by atoms with E-state index in [1.807, 2.05) is 0 Å². The Morgan fingerprint density at radius 1 is 1.06 bits per heavy atom. The van der Waals surface area contributed by atoms with Crippen LogP contribution in [0.25, 0.3) is 16.9 Å². The second-order valence-corrected chi connectivity index (χ2v) is 9.22. The maximum Gasteiger partial charge on any atom is 0.256 e. The second-order valence-electron chi connectivity index (χ2n) is 9.22. The third kappa shape index (κ3) is 3.42. The first kappa shape index (κ1) is 22.5. The van der Waals surface area contributed by atoms with E-state index in [9.17, 15) is 22.4 Å². The Morgan fingerprint density at radius 3 is 2.56 bits per heavy atom. The van der Waals surface area contributed by atoms with Crippen molar-refractivity contribution in [2.75, 3.05) is 0 Å². The van der Waals surface area contributed by atoms with Crippen molar-refractivity contribution in [3.05, 3.63) is 88.9 Å². The SMILES string of the molecule is Cn1nc2c(c1-c1cc(F)c(F)c(F)c1)C[C@H]1CCC[C@@H]2N1C(=O)c1cc(F)ccc1-n1cccn1. The molecule has 4 heterocycles. The number of carbonyl (C=O) groups excluding carboxylic acids is 1. The molecule has 10 heteroatoms. The van der Waals surface area contributed by atoms with Crippen LogP contribution in [-0.2, 0) is 13.5 Å². The van der Waals surface area contributed by atoms with Gasteiger partial charge in [0.15, 0.2) is 17.5 Å². The van der Waals surface area contributed by atoms with E-state index >= 15 is 0 Å². The molecular weight excluding hydrogens is 474 g/mol. The summed E-state index contributed by atoms with van der Waals surface area (Å²) < 4.78 is 59.0. The quantitative estimate of drug-likeness (QED) is 0.293. The Balaban J connectivity index is 1.45. The molecule has 2 aliphatic rings. The normalized spacial score (nSPS) is 18.9. The average molecular weight is 495 g/mol. The van der Waals surface area contributed by atoms with Crippen molar-refractivity contribution >= 4 is 5.91 Å². The van der Waals surface area contributed by atoms with Crippen LogP contribution in [-0.4, -0.2) is 36.4 Å². The number of amides is 1. The molecule has 184 valence electrons. The molecule has 6 rings (SSSR count). The fraction of sp³-hybridized carbons (Fsp3) is 0.269. The maximum absolute atomic E-state index is 14.3. The molecule has 1 saturated heterocycles. The second kappa shape index (κ2) is 8.32. The van der Waals surface area contributed by atoms with E-state index < -0.39 is 23.3 Å². The molecule has 2 bridgehead atoms. The van der Waals surface area contributed by atoms with Crippen molar-refractivity contribution in [1.29, 1.82) is 0 Å². The predicted molar refractivity (Wildman–Crippen MR) is 122 cm³/mol. The molecule has 0 unspecified atom stereocenters. The van der Waals surface area contributed by atoms with E-state index in [0.717, 1.165) is 24.1 Å². The Hall–Kier alpha value is -3.95. The minimum atomic E-state index is -1.52. The van der Waals surface area contributed by atoms with Gasteiger partial charge in [-0.15, -0.1) is 0 Å². The zero-order valence-electron chi connectivity index (χ0n) is 19.3. The van der Waals surface area contributed by atoms with Crippen LogP contribution in [0.5, 0.6) is 0 Å². The number of aryl methyl sites for hydroxylation is 1. The predicted octanol–water partition coefficient (Wildman–Crippen LogP) is 5.12. The molecule has 1 amide bonds. The van der Waals surface area contributed by atoms with Gasteiger partial charge in [0, 0.05) is 36.6 Å². The van der Waals surface area contributed by atoms with E-state index in [4.69, 9.17) is 0 Å². The number of aromatic nitrogens is 4. The monoisotopic (exact) mass is 495 g/mol. The van der Waals surface area contributed by atoms with Gasteiger partial charge < -0.3 is 4.90 Å². The molecule has 1 fully saturated rings. The molecule has 2 atom stereocenters. The first-order chi connectivity index (χ1) is 17.3. The number of carbonyl (C=O) groups is 1. The van der Waals surface area contributed by atoms with E-state index in [2.05, 4.69) is 10.2 Å². The summed E-state index contributed by atoms with van der Waals surface area (Å²) in [6.07, 6.45) is 5.91. The first-order valence-corrected chi connectivity index (χ1v) is 11.7. The summed E-state index contributed by atoms with van der Waals surface area (Å²) >= 11 is 0. The van der Waals surface area contributed by atoms with Crippen LogP contribution in [0.3, 0.4) is 0 Å². The van der Waals surface area contributed by atoms with Gasteiger partial charge in [0.25, 0.3) is 5.91 Å². The van der Waals surface area contributed by atoms with Gasteiger partial charge in [-0.2, -0.15) is 10.2 Å². The first-order valence-electron chi connectivity index (χ1n) is 11.7. The lowest BCUT2D eigenvalue weighted by molar-refractivity contribution is 0.0391. The number of rotatable bonds is 3. The lowest BCUT2D eigenvalue weighted by Crippen LogP contribution is -2.50. The number of halogens is 4. The summed E-state index contributed by atoms with van der Waals surface area (Å²) in [7, 11) is 1.66. The van der Waals surface area contributed by atoms with E-state index in [1.165, 1.54) is 27.6 Å². The summed E-state index contributed by atoms with van der Waals surface area (Å²) in [5, 5.41) is 8.84. The number of hydrogen-bond acceptors (Lipinski definition) is 3. The van der Waals surface area contributed by atoms with Crippen molar-refractivity contribution in [2.24, 2.45) is 7.05 Å². The fourth-order valence-electron chi connectivity index (χ4n) is 5.63. The van der Waals surface area contributed by atoms with Gasteiger partial charge in [0.05, 0.1) is 28.7 Å². The Morgan fingerprint density at radius 2 is 1.83 bits per heavy atom.